The second-order valence-corrected chi connectivity index (χ2v) is 9.71. The van der Waals surface area contributed by atoms with Gasteiger partial charge in [0.25, 0.3) is 10.0 Å². The lowest BCUT2D eigenvalue weighted by atomic mass is 10.2. The Balaban J connectivity index is 1.49. The summed E-state index contributed by atoms with van der Waals surface area (Å²) in [4.78, 5) is 8.62. The number of nitrogens with zero attached hydrogens (tertiary/aromatic N) is 4. The number of nitrogens with one attached hydrogen (secondary N) is 1. The zero-order valence-corrected chi connectivity index (χ0v) is 20.0. The first-order valence-corrected chi connectivity index (χ1v) is 11.9. The fourth-order valence-electron chi connectivity index (χ4n) is 2.98. The van der Waals surface area contributed by atoms with Crippen LogP contribution in [0.25, 0.3) is 5.82 Å². The van der Waals surface area contributed by atoms with Crippen molar-refractivity contribution in [3.05, 3.63) is 82.3 Å². The fourth-order valence-corrected chi connectivity index (χ4v) is 4.31. The topological polar surface area (TPSA) is 99.0 Å². The lowest BCUT2D eigenvalue weighted by molar-refractivity contribution is 0.460. The minimum atomic E-state index is -3.69. The van der Waals surface area contributed by atoms with E-state index in [1.807, 2.05) is 20.8 Å². The molecule has 0 saturated heterocycles. The number of hydrogen-bond acceptors (Lipinski definition) is 6. The van der Waals surface area contributed by atoms with E-state index in [1.54, 1.807) is 47.1 Å². The molecular weight excluding hydrogens is 494 g/mol. The van der Waals surface area contributed by atoms with Crippen molar-refractivity contribution in [3.63, 3.8) is 0 Å². The number of halogens is 1. The van der Waals surface area contributed by atoms with Gasteiger partial charge in [0.1, 0.15) is 12.1 Å². The molecule has 0 aliphatic rings. The predicted octanol–water partition coefficient (Wildman–Crippen LogP) is 4.94. The Bertz CT molecular complexity index is 1370. The maximum Gasteiger partial charge on any atom is 0.261 e. The van der Waals surface area contributed by atoms with E-state index in [2.05, 4.69) is 35.7 Å². The zero-order valence-electron chi connectivity index (χ0n) is 17.6. The fraction of sp³-hybridized carbons (Fsp3) is 0.136. The van der Waals surface area contributed by atoms with Gasteiger partial charge in [0.15, 0.2) is 5.82 Å². The Morgan fingerprint density at radius 2 is 1.66 bits per heavy atom. The van der Waals surface area contributed by atoms with E-state index in [-0.39, 0.29) is 4.90 Å². The van der Waals surface area contributed by atoms with Gasteiger partial charge in [-0.3, -0.25) is 4.72 Å². The van der Waals surface area contributed by atoms with Gasteiger partial charge in [0.2, 0.25) is 5.88 Å². The minimum Gasteiger partial charge on any atom is -0.439 e. The van der Waals surface area contributed by atoms with Crippen molar-refractivity contribution in [1.82, 2.24) is 19.7 Å². The third kappa shape index (κ3) is 4.66. The Hall–Kier alpha value is -3.24. The van der Waals surface area contributed by atoms with Crippen LogP contribution in [0.3, 0.4) is 0 Å². The van der Waals surface area contributed by atoms with Crippen LogP contribution in [0.4, 0.5) is 5.69 Å². The third-order valence-electron chi connectivity index (χ3n) is 4.95. The molecule has 32 heavy (non-hydrogen) atoms. The number of aromatic nitrogens is 4. The van der Waals surface area contributed by atoms with Crippen LogP contribution in [0.2, 0.25) is 0 Å². The monoisotopic (exact) mass is 513 g/mol. The van der Waals surface area contributed by atoms with Crippen LogP contribution in [0.5, 0.6) is 11.6 Å². The molecule has 8 nitrogen and oxygen atoms in total. The zero-order chi connectivity index (χ0) is 22.9. The molecule has 2 aromatic carbocycles. The first-order chi connectivity index (χ1) is 15.2. The van der Waals surface area contributed by atoms with E-state index < -0.39 is 10.0 Å². The summed E-state index contributed by atoms with van der Waals surface area (Å²) in [6, 6.07) is 14.7. The molecule has 4 rings (SSSR count). The van der Waals surface area contributed by atoms with E-state index in [0.717, 1.165) is 21.4 Å². The number of aryl methyl sites for hydroxylation is 1. The van der Waals surface area contributed by atoms with Gasteiger partial charge in [-0.2, -0.15) is 5.10 Å². The predicted molar refractivity (Wildman–Crippen MR) is 125 cm³/mol. The first kappa shape index (κ1) is 22.0. The van der Waals surface area contributed by atoms with Crippen LogP contribution in [0.1, 0.15) is 17.0 Å². The summed E-state index contributed by atoms with van der Waals surface area (Å²) in [6.45, 7) is 5.94. The molecule has 0 saturated carbocycles. The smallest absolute Gasteiger partial charge is 0.261 e. The van der Waals surface area contributed by atoms with Crippen LogP contribution >= 0.6 is 15.9 Å². The van der Waals surface area contributed by atoms with Crippen molar-refractivity contribution in [1.29, 1.82) is 0 Å². The third-order valence-corrected chi connectivity index (χ3v) is 6.88. The molecule has 2 aromatic heterocycles. The Morgan fingerprint density at radius 1 is 0.969 bits per heavy atom. The molecule has 164 valence electrons. The molecule has 0 aliphatic heterocycles. The van der Waals surface area contributed by atoms with Gasteiger partial charge < -0.3 is 4.74 Å². The molecule has 0 radical (unpaired) electrons. The van der Waals surface area contributed by atoms with Crippen molar-refractivity contribution in [3.8, 4) is 17.4 Å². The van der Waals surface area contributed by atoms with Gasteiger partial charge in [-0.05, 0) is 74.9 Å². The highest BCUT2D eigenvalue weighted by Crippen LogP contribution is 2.25. The number of sulfonamides is 1. The normalized spacial score (nSPS) is 11.4. The first-order valence-electron chi connectivity index (χ1n) is 9.64. The van der Waals surface area contributed by atoms with Crippen LogP contribution in [-0.2, 0) is 10.0 Å². The van der Waals surface area contributed by atoms with Gasteiger partial charge in [-0.1, -0.05) is 15.9 Å². The number of ether oxygens (including phenoxy) is 1. The molecular formula is C22H20BrN5O3S. The molecule has 0 spiro atoms. The van der Waals surface area contributed by atoms with Crippen LogP contribution < -0.4 is 9.46 Å². The molecule has 0 bridgehead atoms. The van der Waals surface area contributed by atoms with E-state index in [1.165, 1.54) is 18.5 Å². The maximum absolute atomic E-state index is 12.5. The maximum atomic E-state index is 12.5. The Labute approximate surface area is 194 Å². The summed E-state index contributed by atoms with van der Waals surface area (Å²) in [5.74, 6) is 1.46. The SMILES string of the molecule is Cc1nn(-c2cc(Oc3ccc(NS(=O)(=O)c4ccc(Br)cc4)cc3)ncn2)c(C)c1C. The summed E-state index contributed by atoms with van der Waals surface area (Å²) < 4.78 is 36.0. The van der Waals surface area contributed by atoms with Crippen LogP contribution in [-0.4, -0.2) is 28.2 Å². The molecule has 0 unspecified atom stereocenters. The van der Waals surface area contributed by atoms with Crippen LogP contribution in [0, 0.1) is 20.8 Å². The van der Waals surface area contributed by atoms with Gasteiger partial charge in [-0.25, -0.2) is 23.1 Å². The van der Waals surface area contributed by atoms with Crippen molar-refractivity contribution >= 4 is 31.6 Å². The Kier molecular flexibility index (Phi) is 5.98. The number of rotatable bonds is 6. The van der Waals surface area contributed by atoms with Gasteiger partial charge in [0, 0.05) is 21.9 Å². The molecule has 10 heteroatoms. The second-order valence-electron chi connectivity index (χ2n) is 7.11. The van der Waals surface area contributed by atoms with Crippen molar-refractivity contribution in [2.24, 2.45) is 0 Å². The van der Waals surface area contributed by atoms with Gasteiger partial charge in [0.05, 0.1) is 10.6 Å². The Morgan fingerprint density at radius 3 is 2.28 bits per heavy atom. The van der Waals surface area contributed by atoms with Crippen molar-refractivity contribution < 1.29 is 13.2 Å². The highest BCUT2D eigenvalue weighted by atomic mass is 79.9. The molecule has 0 atom stereocenters. The molecule has 0 amide bonds. The molecule has 4 aromatic rings. The van der Waals surface area contributed by atoms with Crippen molar-refractivity contribution in [2.75, 3.05) is 4.72 Å². The standard InChI is InChI=1S/C22H20BrN5O3S/c1-14-15(2)26-28(16(14)3)21-12-22(25-13-24-21)31-19-8-6-18(7-9-19)27-32(29,30)20-10-4-17(23)5-11-20/h4-13,27H,1-3H3. The van der Waals surface area contributed by atoms with E-state index in [0.29, 0.717) is 23.1 Å². The number of anilines is 1. The minimum absolute atomic E-state index is 0.175. The highest BCUT2D eigenvalue weighted by molar-refractivity contribution is 9.10. The van der Waals surface area contributed by atoms with Gasteiger partial charge >= 0.3 is 0 Å². The highest BCUT2D eigenvalue weighted by Gasteiger charge is 2.14. The van der Waals surface area contributed by atoms with E-state index in [4.69, 9.17) is 4.74 Å². The van der Waals surface area contributed by atoms with Crippen molar-refractivity contribution in [2.45, 2.75) is 25.7 Å². The molecule has 0 fully saturated rings. The summed E-state index contributed by atoms with van der Waals surface area (Å²) in [7, 11) is -3.69. The summed E-state index contributed by atoms with van der Waals surface area (Å²) in [6.07, 6.45) is 1.41. The lowest BCUT2D eigenvalue weighted by Gasteiger charge is -2.10. The average Bonchev–Trinajstić information content (AvgIpc) is 3.03. The van der Waals surface area contributed by atoms with E-state index >= 15 is 0 Å². The largest absolute Gasteiger partial charge is 0.439 e. The number of hydrogen-bond donors (Lipinski definition) is 1. The number of benzene rings is 2. The summed E-state index contributed by atoms with van der Waals surface area (Å²) in [5.41, 5.74) is 3.45. The average molecular weight is 514 g/mol. The second kappa shape index (κ2) is 8.71. The molecule has 0 aliphatic carbocycles. The van der Waals surface area contributed by atoms with Gasteiger partial charge in [-0.15, -0.1) is 0 Å². The van der Waals surface area contributed by atoms with E-state index in [9.17, 15) is 8.42 Å². The lowest BCUT2D eigenvalue weighted by Crippen LogP contribution is -2.12. The summed E-state index contributed by atoms with van der Waals surface area (Å²) in [5, 5.41) is 4.51. The quantitative estimate of drug-likeness (QED) is 0.391. The van der Waals surface area contributed by atoms with Crippen LogP contribution in [0.15, 0.2) is 70.3 Å². The summed E-state index contributed by atoms with van der Waals surface area (Å²) >= 11 is 3.30. The molecule has 1 N–H and O–H groups in total. The molecule has 2 heterocycles.